The van der Waals surface area contributed by atoms with Crippen LogP contribution in [0.1, 0.15) is 30.9 Å². The highest BCUT2D eigenvalue weighted by Gasteiger charge is 2.28. The Balaban J connectivity index is 2.13. The molecule has 0 aliphatic carbocycles. The molecule has 1 aromatic carbocycles. The fraction of sp³-hybridized carbons (Fsp3) is 0.438. The van der Waals surface area contributed by atoms with Crippen molar-refractivity contribution in [1.82, 2.24) is 4.90 Å². The Bertz CT molecular complexity index is 559. The Morgan fingerprint density at radius 2 is 2.25 bits per heavy atom. The fourth-order valence-electron chi connectivity index (χ4n) is 2.47. The summed E-state index contributed by atoms with van der Waals surface area (Å²) in [5, 5.41) is 0. The van der Waals surface area contributed by atoms with Crippen molar-refractivity contribution in [2.45, 2.75) is 26.3 Å². The molecule has 1 atom stereocenters. The molecule has 106 valence electrons. The number of rotatable bonds is 3. The summed E-state index contributed by atoms with van der Waals surface area (Å²) in [6.45, 7) is 3.54. The van der Waals surface area contributed by atoms with E-state index in [9.17, 15) is 9.18 Å². The second kappa shape index (κ2) is 6.53. The molecular formula is C16H19FN2O. The van der Waals surface area contributed by atoms with Crippen LogP contribution in [0.25, 0.3) is 0 Å². The Kier molecular flexibility index (Phi) is 4.75. The van der Waals surface area contributed by atoms with Crippen molar-refractivity contribution in [2.24, 2.45) is 11.7 Å². The van der Waals surface area contributed by atoms with E-state index in [1.165, 1.54) is 12.1 Å². The molecular weight excluding hydrogens is 255 g/mol. The third-order valence-corrected chi connectivity index (χ3v) is 3.54. The highest BCUT2D eigenvalue weighted by molar-refractivity contribution is 5.78. The maximum absolute atomic E-state index is 13.6. The van der Waals surface area contributed by atoms with Gasteiger partial charge in [0, 0.05) is 25.1 Å². The Labute approximate surface area is 119 Å². The van der Waals surface area contributed by atoms with Gasteiger partial charge in [0.15, 0.2) is 0 Å². The summed E-state index contributed by atoms with van der Waals surface area (Å²) < 4.78 is 13.6. The van der Waals surface area contributed by atoms with Crippen LogP contribution in [-0.4, -0.2) is 23.9 Å². The molecule has 0 saturated carbocycles. The molecule has 1 heterocycles. The van der Waals surface area contributed by atoms with E-state index >= 15 is 0 Å². The van der Waals surface area contributed by atoms with Gasteiger partial charge in [-0.25, -0.2) is 4.39 Å². The number of amides is 1. The van der Waals surface area contributed by atoms with Crippen LogP contribution in [0, 0.1) is 23.6 Å². The maximum atomic E-state index is 13.6. The van der Waals surface area contributed by atoms with Gasteiger partial charge in [0.2, 0.25) is 5.91 Å². The number of likely N-dealkylation sites (tertiary alicyclic amines) is 1. The van der Waals surface area contributed by atoms with Gasteiger partial charge < -0.3 is 10.6 Å². The topological polar surface area (TPSA) is 46.3 Å². The number of benzene rings is 1. The number of carbonyl (C=O) groups excluding carboxylic acids is 1. The summed E-state index contributed by atoms with van der Waals surface area (Å²) in [6.07, 6.45) is 1.60. The third-order valence-electron chi connectivity index (χ3n) is 3.54. The molecule has 1 aliphatic rings. The van der Waals surface area contributed by atoms with Crippen molar-refractivity contribution >= 4 is 5.91 Å². The molecule has 1 aliphatic heterocycles. The van der Waals surface area contributed by atoms with Gasteiger partial charge in [-0.05, 0) is 29.7 Å². The van der Waals surface area contributed by atoms with E-state index < -0.39 is 0 Å². The van der Waals surface area contributed by atoms with E-state index in [-0.39, 0.29) is 18.3 Å². The highest BCUT2D eigenvalue weighted by atomic mass is 19.1. The summed E-state index contributed by atoms with van der Waals surface area (Å²) in [5.41, 5.74) is 6.69. The first-order valence-corrected chi connectivity index (χ1v) is 6.88. The number of nitrogens with zero attached hydrogens (tertiary/aromatic N) is 1. The van der Waals surface area contributed by atoms with Gasteiger partial charge in [0.05, 0.1) is 6.54 Å². The quantitative estimate of drug-likeness (QED) is 0.856. The van der Waals surface area contributed by atoms with E-state index in [1.54, 1.807) is 4.90 Å². The normalized spacial score (nSPS) is 18.1. The van der Waals surface area contributed by atoms with Gasteiger partial charge in [0.1, 0.15) is 5.82 Å². The molecule has 4 heteroatoms. The van der Waals surface area contributed by atoms with Crippen LogP contribution in [0.4, 0.5) is 4.39 Å². The number of hydrogen-bond donors (Lipinski definition) is 1. The van der Waals surface area contributed by atoms with E-state index in [4.69, 9.17) is 5.73 Å². The van der Waals surface area contributed by atoms with Crippen LogP contribution in [0.5, 0.6) is 0 Å². The van der Waals surface area contributed by atoms with Gasteiger partial charge in [0.25, 0.3) is 0 Å². The minimum Gasteiger partial charge on any atom is -0.338 e. The van der Waals surface area contributed by atoms with Crippen LogP contribution in [0.2, 0.25) is 0 Å². The first-order chi connectivity index (χ1) is 9.62. The number of carbonyl (C=O) groups is 1. The average Bonchev–Trinajstić information content (AvgIpc) is 2.76. The summed E-state index contributed by atoms with van der Waals surface area (Å²) >= 11 is 0. The van der Waals surface area contributed by atoms with Crippen LogP contribution < -0.4 is 5.73 Å². The predicted octanol–water partition coefficient (Wildman–Crippen LogP) is 1.89. The largest absolute Gasteiger partial charge is 0.338 e. The van der Waals surface area contributed by atoms with Crippen molar-refractivity contribution in [3.8, 4) is 11.8 Å². The fourth-order valence-corrected chi connectivity index (χ4v) is 2.47. The van der Waals surface area contributed by atoms with Crippen molar-refractivity contribution in [1.29, 1.82) is 0 Å². The Morgan fingerprint density at radius 3 is 2.90 bits per heavy atom. The smallest absolute Gasteiger partial charge is 0.223 e. The molecule has 2 rings (SSSR count). The van der Waals surface area contributed by atoms with E-state index in [0.29, 0.717) is 24.4 Å². The van der Waals surface area contributed by atoms with Crippen LogP contribution in [-0.2, 0) is 11.3 Å². The Hall–Kier alpha value is -1.86. The van der Waals surface area contributed by atoms with E-state index in [2.05, 4.69) is 18.8 Å². The zero-order valence-corrected chi connectivity index (χ0v) is 11.7. The molecule has 1 saturated heterocycles. The molecule has 3 nitrogen and oxygen atoms in total. The summed E-state index contributed by atoms with van der Waals surface area (Å²) in [6, 6.07) is 4.66. The lowest BCUT2D eigenvalue weighted by molar-refractivity contribution is -0.128. The van der Waals surface area contributed by atoms with E-state index in [0.717, 1.165) is 18.5 Å². The molecule has 0 bridgehead atoms. The van der Waals surface area contributed by atoms with E-state index in [1.807, 2.05) is 6.07 Å². The number of halogens is 1. The lowest BCUT2D eigenvalue weighted by Gasteiger charge is -2.16. The summed E-state index contributed by atoms with van der Waals surface area (Å²) in [4.78, 5) is 13.7. The average molecular weight is 274 g/mol. The molecule has 0 radical (unpaired) electrons. The standard InChI is InChI=1S/C16H19FN2O/c1-2-12-9-16(20)19(10-12)11-14-6-13(4-3-5-18)7-15(17)8-14/h6-8,12H,2,5,9-11,18H2,1H3. The van der Waals surface area contributed by atoms with Gasteiger partial charge in [-0.1, -0.05) is 25.2 Å². The van der Waals surface area contributed by atoms with Gasteiger partial charge in [-0.3, -0.25) is 4.79 Å². The third kappa shape index (κ3) is 3.58. The first-order valence-electron chi connectivity index (χ1n) is 6.88. The number of hydrogen-bond acceptors (Lipinski definition) is 2. The first kappa shape index (κ1) is 14.5. The van der Waals surface area contributed by atoms with Crippen molar-refractivity contribution in [3.05, 3.63) is 35.1 Å². The highest BCUT2D eigenvalue weighted by Crippen LogP contribution is 2.23. The van der Waals surface area contributed by atoms with Crippen molar-refractivity contribution < 1.29 is 9.18 Å². The minimum atomic E-state index is -0.331. The summed E-state index contributed by atoms with van der Waals surface area (Å²) in [5.74, 6) is 5.77. The van der Waals surface area contributed by atoms with Crippen LogP contribution in [0.3, 0.4) is 0 Å². The van der Waals surface area contributed by atoms with Crippen LogP contribution >= 0.6 is 0 Å². The maximum Gasteiger partial charge on any atom is 0.223 e. The zero-order valence-electron chi connectivity index (χ0n) is 11.7. The van der Waals surface area contributed by atoms with Crippen molar-refractivity contribution in [3.63, 3.8) is 0 Å². The predicted molar refractivity (Wildman–Crippen MR) is 76.1 cm³/mol. The molecule has 0 spiro atoms. The molecule has 1 unspecified atom stereocenters. The Morgan fingerprint density at radius 1 is 1.45 bits per heavy atom. The molecule has 2 N–H and O–H groups in total. The second-order valence-corrected chi connectivity index (χ2v) is 5.11. The molecule has 0 aromatic heterocycles. The lowest BCUT2D eigenvalue weighted by atomic mass is 10.1. The van der Waals surface area contributed by atoms with Crippen LogP contribution in [0.15, 0.2) is 18.2 Å². The second-order valence-electron chi connectivity index (χ2n) is 5.11. The molecule has 1 fully saturated rings. The molecule has 1 aromatic rings. The minimum absolute atomic E-state index is 0.149. The molecule has 1 amide bonds. The molecule has 20 heavy (non-hydrogen) atoms. The number of nitrogens with two attached hydrogens (primary N) is 1. The van der Waals surface area contributed by atoms with Crippen molar-refractivity contribution in [2.75, 3.05) is 13.1 Å². The SMILES string of the molecule is CCC1CC(=O)N(Cc2cc(F)cc(C#CCN)c2)C1. The zero-order chi connectivity index (χ0) is 14.5. The summed E-state index contributed by atoms with van der Waals surface area (Å²) in [7, 11) is 0. The van der Waals surface area contributed by atoms with Gasteiger partial charge in [-0.15, -0.1) is 0 Å². The van der Waals surface area contributed by atoms with Gasteiger partial charge in [-0.2, -0.15) is 0 Å². The lowest BCUT2D eigenvalue weighted by Crippen LogP contribution is -2.24. The monoisotopic (exact) mass is 274 g/mol. The van der Waals surface area contributed by atoms with Gasteiger partial charge >= 0.3 is 0 Å².